The molecule has 4 aliphatic rings. The number of methoxy groups -OCH3 is 1. The van der Waals surface area contributed by atoms with Gasteiger partial charge in [-0.3, -0.25) is 92.5 Å². The number of likely N-dealkylation sites (tertiary alicyclic amines) is 1. The normalized spacial score (nSPS) is 18.4. The van der Waals surface area contributed by atoms with Crippen LogP contribution >= 0.6 is 33.3 Å². The summed E-state index contributed by atoms with van der Waals surface area (Å²) in [5.41, 5.74) is 19.2. The highest BCUT2D eigenvalue weighted by atomic mass is 33.1. The molecule has 3 aliphatic heterocycles. The number of aliphatic carboxylic acids is 4. The Hall–Kier alpha value is -11.9. The lowest BCUT2D eigenvalue weighted by Gasteiger charge is -2.40. The van der Waals surface area contributed by atoms with E-state index in [1.165, 1.54) is 59.2 Å². The number of allylic oxidation sites excluding steroid dienone is 2. The number of carboxylic acids is 4. The molecule has 1 aromatic carbocycles. The van der Waals surface area contributed by atoms with E-state index in [9.17, 15) is 102 Å². The molecule has 7 rings (SSSR count). The molecule has 44 nitrogen and oxygen atoms in total. The number of nitrogen functional groups attached to an aromatic ring is 1. The Labute approximate surface area is 666 Å². The number of aromatic amines is 1. The van der Waals surface area contributed by atoms with E-state index in [2.05, 4.69) is 83.6 Å². The van der Waals surface area contributed by atoms with Crippen molar-refractivity contribution in [3.8, 4) is 0 Å². The van der Waals surface area contributed by atoms with Crippen LogP contribution in [0.15, 0.2) is 62.9 Å². The number of nitrogens with one attached hydrogen (secondary N) is 13. The first kappa shape index (κ1) is 90.3. The van der Waals surface area contributed by atoms with Crippen molar-refractivity contribution in [2.45, 2.75) is 152 Å². The third-order valence-corrected chi connectivity index (χ3v) is 22.1. The first-order valence-corrected chi connectivity index (χ1v) is 39.3. The van der Waals surface area contributed by atoms with Crippen molar-refractivity contribution in [1.82, 2.24) is 83.0 Å². The Kier molecular flexibility index (Phi) is 33.2. The number of rotatable bonds is 47. The highest BCUT2D eigenvalue weighted by Crippen LogP contribution is 2.52. The summed E-state index contributed by atoms with van der Waals surface area (Å²) in [6.07, 6.45) is -3.33. The van der Waals surface area contributed by atoms with Gasteiger partial charge < -0.3 is 95.1 Å². The van der Waals surface area contributed by atoms with Crippen LogP contribution in [0.3, 0.4) is 0 Å². The number of carbonyl (C=O) groups is 16. The molecular formula is C68H90N22O22S3. The smallest absolute Gasteiger partial charge is 0.327 e. The van der Waals surface area contributed by atoms with Crippen LogP contribution in [-0.2, 0) is 83.2 Å². The number of amides is 10. The summed E-state index contributed by atoms with van der Waals surface area (Å²) in [4.78, 5) is 238. The molecule has 622 valence electrons. The van der Waals surface area contributed by atoms with E-state index < -0.39 is 193 Å². The average molecular weight is 1660 g/mol. The van der Waals surface area contributed by atoms with Gasteiger partial charge in [0.15, 0.2) is 22.8 Å². The molecule has 10 amide bonds. The number of ether oxygens (including phenoxy) is 1. The Bertz CT molecular complexity index is 4450. The summed E-state index contributed by atoms with van der Waals surface area (Å²) in [6.45, 7) is 5.51. The van der Waals surface area contributed by atoms with Gasteiger partial charge in [-0.05, 0) is 77.1 Å². The summed E-state index contributed by atoms with van der Waals surface area (Å²) < 4.78 is 6.04. The van der Waals surface area contributed by atoms with Crippen LogP contribution in [0, 0.1) is 11.3 Å². The molecule has 1 unspecified atom stereocenters. The van der Waals surface area contributed by atoms with Crippen molar-refractivity contribution in [2.75, 3.05) is 68.3 Å². The van der Waals surface area contributed by atoms with E-state index in [0.717, 1.165) is 4.90 Å². The maximum Gasteiger partial charge on any atom is 0.327 e. The minimum atomic E-state index is -2.10. The minimum Gasteiger partial charge on any atom is -0.481 e. The third kappa shape index (κ3) is 25.1. The number of Topliss-reactive ketones (excluding diaryl/α,β-unsaturated/α-hetero) is 2. The maximum atomic E-state index is 14.1. The van der Waals surface area contributed by atoms with Crippen LogP contribution in [0.25, 0.3) is 11.2 Å². The number of primary amides is 1. The zero-order valence-corrected chi connectivity index (χ0v) is 65.1. The molecule has 2 aromatic heterocycles. The summed E-state index contributed by atoms with van der Waals surface area (Å²) in [6, 6.07) is -4.14. The van der Waals surface area contributed by atoms with Crippen LogP contribution < -0.4 is 81.4 Å². The van der Waals surface area contributed by atoms with Gasteiger partial charge in [0.05, 0.1) is 60.6 Å². The number of aromatic nitrogens is 4. The van der Waals surface area contributed by atoms with Gasteiger partial charge >= 0.3 is 23.9 Å². The number of ketones is 2. The van der Waals surface area contributed by atoms with Crippen LogP contribution in [0.2, 0.25) is 0 Å². The fourth-order valence-electron chi connectivity index (χ4n) is 12.6. The number of fused-ring (bicyclic) bond motifs is 3. The fourth-order valence-corrected chi connectivity index (χ4v) is 15.6. The molecule has 0 radical (unpaired) electrons. The zero-order chi connectivity index (χ0) is 84.5. The number of benzene rings is 1. The van der Waals surface area contributed by atoms with Crippen LogP contribution in [0.4, 0.5) is 11.6 Å². The van der Waals surface area contributed by atoms with Crippen LogP contribution in [0.5, 0.6) is 0 Å². The number of nitrogens with two attached hydrogens (primary N) is 3. The number of guanidine groups is 1. The van der Waals surface area contributed by atoms with Gasteiger partial charge in [-0.2, -0.15) is 10.1 Å². The first-order valence-electron chi connectivity index (χ1n) is 35.8. The molecule has 9 atom stereocenters. The largest absolute Gasteiger partial charge is 0.481 e. The first-order chi connectivity index (χ1) is 54.5. The Morgan fingerprint density at radius 3 is 2.03 bits per heavy atom. The van der Waals surface area contributed by atoms with Crippen molar-refractivity contribution in [2.24, 2.45) is 22.5 Å². The van der Waals surface area contributed by atoms with E-state index in [0.29, 0.717) is 59.0 Å². The van der Waals surface area contributed by atoms with E-state index in [-0.39, 0.29) is 115 Å². The van der Waals surface area contributed by atoms with Crippen LogP contribution in [-0.4, -0.2) is 261 Å². The van der Waals surface area contributed by atoms with Crippen molar-refractivity contribution < 1.29 is 102 Å². The molecule has 3 aromatic rings. The molecule has 0 spiro atoms. The topological polar surface area (TPSA) is 688 Å². The number of carbonyl (C=O) groups excluding carboxylic acids is 12. The van der Waals surface area contributed by atoms with E-state index in [1.54, 1.807) is 18.7 Å². The van der Waals surface area contributed by atoms with Gasteiger partial charge in [-0.1, -0.05) is 21.6 Å². The molecule has 1 aliphatic carbocycles. The number of thioether (sulfide) groups is 1. The third-order valence-electron chi connectivity index (χ3n) is 18.4. The summed E-state index contributed by atoms with van der Waals surface area (Å²) in [5.74, 6) is -17.2. The quantitative estimate of drug-likeness (QED) is 0.00486. The zero-order valence-electron chi connectivity index (χ0n) is 62.6. The lowest BCUT2D eigenvalue weighted by atomic mass is 9.79. The Morgan fingerprint density at radius 1 is 0.739 bits per heavy atom. The number of carboxylic acid groups (broad SMARTS) is 4. The molecule has 5 heterocycles. The summed E-state index contributed by atoms with van der Waals surface area (Å²) >= 11 is 0.627. The molecular weight excluding hydrogens is 1570 g/mol. The summed E-state index contributed by atoms with van der Waals surface area (Å²) in [5, 5.41) is 75.5. The summed E-state index contributed by atoms with van der Waals surface area (Å²) in [7, 11) is 4.47. The number of imide groups is 1. The number of nitrogens with zero attached hydrogens (tertiary/aromatic N) is 6. The molecule has 115 heavy (non-hydrogen) atoms. The second-order valence-electron chi connectivity index (χ2n) is 26.5. The number of hydrazone groups is 1. The molecule has 2 saturated heterocycles. The molecule has 0 saturated carbocycles. The Balaban J connectivity index is 0.818. The predicted octanol–water partition coefficient (Wildman–Crippen LogP) is -4.11. The highest BCUT2D eigenvalue weighted by Gasteiger charge is 2.63. The lowest BCUT2D eigenvalue weighted by Crippen LogP contribution is -2.58. The fraction of sp³-hybridized carbons (Fsp3) is 0.500. The van der Waals surface area contributed by atoms with Gasteiger partial charge in [0, 0.05) is 117 Å². The predicted molar refractivity (Wildman–Crippen MR) is 413 cm³/mol. The monoisotopic (exact) mass is 1660 g/mol. The van der Waals surface area contributed by atoms with E-state index >= 15 is 0 Å². The molecule has 23 N–H and O–H groups in total. The van der Waals surface area contributed by atoms with Crippen LogP contribution in [0.1, 0.15) is 114 Å². The van der Waals surface area contributed by atoms with Gasteiger partial charge in [0.25, 0.3) is 11.5 Å². The van der Waals surface area contributed by atoms with Crippen molar-refractivity contribution in [3.63, 3.8) is 0 Å². The van der Waals surface area contributed by atoms with E-state index in [1.807, 2.05) is 6.92 Å². The average Bonchev–Trinajstić information content (AvgIpc) is 1.53. The van der Waals surface area contributed by atoms with Gasteiger partial charge in [0.2, 0.25) is 70.7 Å². The SMILES string of the molecule is CO[C@]12[C@H](C)NCN1C1=C(C(=O)C(NCCSSCCNC(=O)CC/C(C)=N/NC(=O)CCN3C(=O)CC(SC[C@H](NC(=O)[C@H](CC(=O)O)NC(=O)[C@H](CCCNC(=N)N)NC(=O)[C@H](CC(=O)O)NC(=O)CC[C@H](NC(=O)c4ccc(NCc5cnc6nc(N)[nH]c(=O)c6n5)cc4)C(=O)O)C(=O)O)C3=O)=C(C)C1=O)[C@H]2CCC(N)=O. The van der Waals surface area contributed by atoms with Crippen molar-refractivity contribution in [3.05, 3.63) is 74.6 Å². The van der Waals surface area contributed by atoms with Crippen molar-refractivity contribution in [1.29, 1.82) is 5.41 Å². The standard InChI is InChI=1S/C68H90N22O22S3/c1-31(7-15-45(92)73-19-22-114-115-23-20-74-52-32(2)55(100)54-51(56(52)101)37(12-14-44(69)91)68(112-4)33(3)78-30-90(54)68)87-88-47(94)17-21-89-48(95)26-43(63(89)107)113-29-42(65(110)111)84-61(105)41(25-50(98)99)83-59(103)38(6-5-18-75-66(70)71)81-60(104)40(24-49(96)97)80-46(93)16-13-39(64(108)109)82-58(102)34-8-10-35(11-9-34)76-27-36-28-77-57-53(79-36)62(106)86-67(72)85-57/h8-11,28,33,37-43,74,76,78H,5-7,12-27,29-30H2,1-4H3,(H2,69,91)(H,73,92)(H,80,93)(H,81,104)(H,82,102)(H,83,103)(H,84,105)(H,88,94)(H,96,97)(H,98,99)(H,108,109)(H,110,111)(H4,70,71,75)(H3,72,77,85,86,106)/b87-31+/t33-,37+,38-,39-,40-,41-,42-,43?,68-/m0/s1. The number of anilines is 2. The van der Waals surface area contributed by atoms with E-state index in [4.69, 9.17) is 27.3 Å². The number of H-pyrrole nitrogens is 1. The van der Waals surface area contributed by atoms with Gasteiger partial charge in [-0.25, -0.2) is 25.0 Å². The Morgan fingerprint density at radius 2 is 1.38 bits per heavy atom. The highest BCUT2D eigenvalue weighted by molar-refractivity contribution is 8.76. The number of hydrogen-bond donors (Lipinski definition) is 20. The van der Waals surface area contributed by atoms with Gasteiger partial charge in [0.1, 0.15) is 30.2 Å². The molecule has 2 fully saturated rings. The molecule has 0 bridgehead atoms. The minimum absolute atomic E-state index is 0.0105. The lowest BCUT2D eigenvalue weighted by molar-refractivity contribution is -0.143. The maximum absolute atomic E-state index is 14.1. The second-order valence-corrected chi connectivity index (χ2v) is 30.5. The second kappa shape index (κ2) is 42.3. The van der Waals surface area contributed by atoms with Crippen molar-refractivity contribution >= 4 is 162 Å². The molecule has 47 heteroatoms. The van der Waals surface area contributed by atoms with Gasteiger partial charge in [-0.15, -0.1) is 11.8 Å². The number of hydrogen-bond acceptors (Lipinski definition) is 31.